The summed E-state index contributed by atoms with van der Waals surface area (Å²) in [4.78, 5) is 0. The second-order valence-corrected chi connectivity index (χ2v) is 3.06. The summed E-state index contributed by atoms with van der Waals surface area (Å²) >= 11 is 0. The van der Waals surface area contributed by atoms with Crippen LogP contribution in [0, 0.1) is 6.92 Å². The lowest BCUT2D eigenvalue weighted by Gasteiger charge is -1.96. The molecule has 3 heteroatoms. The van der Waals surface area contributed by atoms with Gasteiger partial charge in [-0.25, -0.2) is 0 Å². The van der Waals surface area contributed by atoms with E-state index in [1.807, 2.05) is 19.1 Å². The predicted molar refractivity (Wildman–Crippen MR) is 52.9 cm³/mol. The summed E-state index contributed by atoms with van der Waals surface area (Å²) in [6.45, 7) is 4.95. The van der Waals surface area contributed by atoms with Gasteiger partial charge in [0.2, 0.25) is 0 Å². The molecule has 0 fully saturated rings. The minimum absolute atomic E-state index is 0.834. The molecular weight excluding hydrogens is 164 g/mol. The number of nitrogens with zero attached hydrogens (tertiary/aromatic N) is 1. The Bertz CT molecular complexity index is 420. The molecule has 0 saturated heterocycles. The topological polar surface area (TPSA) is 38.1 Å². The third-order valence-corrected chi connectivity index (χ3v) is 1.97. The van der Waals surface area contributed by atoms with Crippen LogP contribution in [0.15, 0.2) is 22.7 Å². The van der Waals surface area contributed by atoms with Crippen molar-refractivity contribution in [3.8, 4) is 0 Å². The molecule has 2 rings (SSSR count). The molecule has 3 nitrogen and oxygen atoms in total. The summed E-state index contributed by atoms with van der Waals surface area (Å²) in [5.41, 5.74) is 2.05. The van der Waals surface area contributed by atoms with Crippen molar-refractivity contribution in [1.29, 1.82) is 0 Å². The normalized spacial score (nSPS) is 10.6. The van der Waals surface area contributed by atoms with Crippen LogP contribution < -0.4 is 5.32 Å². The molecule has 0 radical (unpaired) electrons. The van der Waals surface area contributed by atoms with Crippen LogP contribution in [0.5, 0.6) is 0 Å². The van der Waals surface area contributed by atoms with Gasteiger partial charge in [0.05, 0.1) is 5.39 Å². The van der Waals surface area contributed by atoms with Crippen LogP contribution in [0.1, 0.15) is 12.5 Å². The molecule has 0 bridgehead atoms. The van der Waals surface area contributed by atoms with Gasteiger partial charge in [-0.05, 0) is 26.0 Å². The van der Waals surface area contributed by atoms with Gasteiger partial charge >= 0.3 is 0 Å². The Kier molecular flexibility index (Phi) is 1.93. The molecule has 0 unspecified atom stereocenters. The number of hydrogen-bond donors (Lipinski definition) is 1. The first-order chi connectivity index (χ1) is 6.31. The fourth-order valence-corrected chi connectivity index (χ4v) is 1.35. The van der Waals surface area contributed by atoms with E-state index in [4.69, 9.17) is 4.52 Å². The third kappa shape index (κ3) is 1.37. The van der Waals surface area contributed by atoms with Crippen molar-refractivity contribution < 1.29 is 4.52 Å². The van der Waals surface area contributed by atoms with E-state index in [-0.39, 0.29) is 0 Å². The van der Waals surface area contributed by atoms with Crippen LogP contribution >= 0.6 is 0 Å². The maximum atomic E-state index is 5.14. The van der Waals surface area contributed by atoms with Crippen LogP contribution in [0.2, 0.25) is 0 Å². The average Bonchev–Trinajstić information content (AvgIpc) is 2.49. The van der Waals surface area contributed by atoms with E-state index in [0.29, 0.717) is 0 Å². The highest BCUT2D eigenvalue weighted by Crippen LogP contribution is 2.23. The van der Waals surface area contributed by atoms with Crippen LogP contribution in [-0.2, 0) is 0 Å². The summed E-state index contributed by atoms with van der Waals surface area (Å²) in [6.07, 6.45) is 0. The van der Waals surface area contributed by atoms with Crippen LogP contribution in [0.3, 0.4) is 0 Å². The van der Waals surface area contributed by atoms with Gasteiger partial charge in [-0.3, -0.25) is 0 Å². The lowest BCUT2D eigenvalue weighted by atomic mass is 10.2. The van der Waals surface area contributed by atoms with Gasteiger partial charge in [0, 0.05) is 6.54 Å². The summed E-state index contributed by atoms with van der Waals surface area (Å²) < 4.78 is 5.14. The maximum absolute atomic E-state index is 5.14. The van der Waals surface area contributed by atoms with Crippen LogP contribution in [-0.4, -0.2) is 11.7 Å². The highest BCUT2D eigenvalue weighted by molar-refractivity contribution is 5.88. The second kappa shape index (κ2) is 3.09. The number of hydrogen-bond acceptors (Lipinski definition) is 3. The van der Waals surface area contributed by atoms with Crippen molar-refractivity contribution in [2.24, 2.45) is 0 Å². The predicted octanol–water partition coefficient (Wildman–Crippen LogP) is 2.57. The third-order valence-electron chi connectivity index (χ3n) is 1.97. The number of rotatable bonds is 2. The molecule has 0 spiro atoms. The molecule has 1 N–H and O–H groups in total. The van der Waals surface area contributed by atoms with Gasteiger partial charge < -0.3 is 9.84 Å². The number of benzene rings is 1. The van der Waals surface area contributed by atoms with Crippen molar-refractivity contribution in [3.05, 3.63) is 23.8 Å². The monoisotopic (exact) mass is 176 g/mol. The van der Waals surface area contributed by atoms with Gasteiger partial charge in [-0.1, -0.05) is 16.8 Å². The van der Waals surface area contributed by atoms with Gasteiger partial charge in [-0.2, -0.15) is 0 Å². The van der Waals surface area contributed by atoms with E-state index in [0.717, 1.165) is 23.3 Å². The number of nitrogens with one attached hydrogen (secondary N) is 1. The maximum Gasteiger partial charge on any atom is 0.177 e. The van der Waals surface area contributed by atoms with Crippen molar-refractivity contribution in [1.82, 2.24) is 5.16 Å². The quantitative estimate of drug-likeness (QED) is 0.764. The average molecular weight is 176 g/mol. The first kappa shape index (κ1) is 8.10. The molecule has 0 aliphatic rings. The molecule has 0 saturated carbocycles. The van der Waals surface area contributed by atoms with E-state index in [1.54, 1.807) is 0 Å². The summed E-state index contributed by atoms with van der Waals surface area (Å²) in [6, 6.07) is 6.03. The highest BCUT2D eigenvalue weighted by Gasteiger charge is 2.05. The molecule has 13 heavy (non-hydrogen) atoms. The highest BCUT2D eigenvalue weighted by atomic mass is 16.5. The van der Waals surface area contributed by atoms with Gasteiger partial charge in [-0.15, -0.1) is 0 Å². The van der Waals surface area contributed by atoms with Crippen molar-refractivity contribution in [2.75, 3.05) is 11.9 Å². The van der Waals surface area contributed by atoms with E-state index in [9.17, 15) is 0 Å². The molecule has 1 heterocycles. The summed E-state index contributed by atoms with van der Waals surface area (Å²) in [5, 5.41) is 8.15. The SMILES string of the molecule is CCNc1noc2ccc(C)cc12. The zero-order chi connectivity index (χ0) is 9.26. The van der Waals surface area contributed by atoms with Crippen molar-refractivity contribution in [2.45, 2.75) is 13.8 Å². The molecular formula is C10H12N2O. The largest absolute Gasteiger partial charge is 0.367 e. The molecule has 68 valence electrons. The van der Waals surface area contributed by atoms with E-state index in [1.165, 1.54) is 5.56 Å². The van der Waals surface area contributed by atoms with Gasteiger partial charge in [0.15, 0.2) is 11.4 Å². The van der Waals surface area contributed by atoms with Gasteiger partial charge in [0.25, 0.3) is 0 Å². The molecule has 0 atom stereocenters. The summed E-state index contributed by atoms with van der Waals surface area (Å²) in [7, 11) is 0. The number of aromatic nitrogens is 1. The lowest BCUT2D eigenvalue weighted by molar-refractivity contribution is 0.459. The Morgan fingerprint density at radius 2 is 2.31 bits per heavy atom. The number of fused-ring (bicyclic) bond motifs is 1. The minimum Gasteiger partial charge on any atom is -0.367 e. The fraction of sp³-hybridized carbons (Fsp3) is 0.300. The first-order valence-corrected chi connectivity index (χ1v) is 4.41. The Morgan fingerprint density at radius 1 is 1.46 bits per heavy atom. The molecule has 0 aliphatic heterocycles. The van der Waals surface area contributed by atoms with E-state index < -0.39 is 0 Å². The standard InChI is InChI=1S/C10H12N2O/c1-3-11-10-8-6-7(2)4-5-9(8)13-12-10/h4-6H,3H2,1-2H3,(H,11,12). The van der Waals surface area contributed by atoms with Crippen LogP contribution in [0.4, 0.5) is 5.82 Å². The molecule has 2 aromatic rings. The lowest BCUT2D eigenvalue weighted by Crippen LogP contribution is -1.96. The minimum atomic E-state index is 0.834. The second-order valence-electron chi connectivity index (χ2n) is 3.06. The molecule has 1 aromatic heterocycles. The number of anilines is 1. The van der Waals surface area contributed by atoms with Crippen LogP contribution in [0.25, 0.3) is 11.0 Å². The van der Waals surface area contributed by atoms with E-state index in [2.05, 4.69) is 23.5 Å². The fourth-order valence-electron chi connectivity index (χ4n) is 1.35. The number of aryl methyl sites for hydroxylation is 1. The zero-order valence-corrected chi connectivity index (χ0v) is 7.79. The Morgan fingerprint density at radius 3 is 3.08 bits per heavy atom. The van der Waals surface area contributed by atoms with Gasteiger partial charge in [0.1, 0.15) is 0 Å². The Balaban J connectivity index is 2.58. The van der Waals surface area contributed by atoms with Crippen molar-refractivity contribution in [3.63, 3.8) is 0 Å². The molecule has 1 aromatic carbocycles. The molecule has 0 aliphatic carbocycles. The van der Waals surface area contributed by atoms with E-state index >= 15 is 0 Å². The smallest absolute Gasteiger partial charge is 0.177 e. The zero-order valence-electron chi connectivity index (χ0n) is 7.79. The molecule has 0 amide bonds. The first-order valence-electron chi connectivity index (χ1n) is 4.41. The Hall–Kier alpha value is -1.51. The van der Waals surface area contributed by atoms with Crippen molar-refractivity contribution >= 4 is 16.8 Å². The summed E-state index contributed by atoms with van der Waals surface area (Å²) in [5.74, 6) is 0.834. The Labute approximate surface area is 76.7 Å².